The number of amides is 1. The Morgan fingerprint density at radius 1 is 1.31 bits per heavy atom. The van der Waals surface area contributed by atoms with Gasteiger partial charge in [0.1, 0.15) is 5.54 Å². The van der Waals surface area contributed by atoms with Crippen LogP contribution in [0.3, 0.4) is 0 Å². The average molecular weight is 222 g/mol. The van der Waals surface area contributed by atoms with E-state index in [0.717, 1.165) is 0 Å². The van der Waals surface area contributed by atoms with Crippen molar-refractivity contribution in [3.8, 4) is 0 Å². The fourth-order valence-electron chi connectivity index (χ4n) is 1.17. The lowest BCUT2D eigenvalue weighted by Crippen LogP contribution is -2.50. The Morgan fingerprint density at radius 2 is 1.88 bits per heavy atom. The molecule has 0 unspecified atom stereocenters. The number of aromatic nitrogens is 1. The second kappa shape index (κ2) is 4.74. The highest BCUT2D eigenvalue weighted by Gasteiger charge is 2.30. The Hall–Kier alpha value is -1.91. The lowest BCUT2D eigenvalue weighted by molar-refractivity contribution is -0.146. The van der Waals surface area contributed by atoms with Crippen molar-refractivity contribution in [2.45, 2.75) is 19.4 Å². The summed E-state index contributed by atoms with van der Waals surface area (Å²) in [7, 11) is 1.28. The van der Waals surface area contributed by atoms with Crippen LogP contribution < -0.4 is 5.32 Å². The number of esters is 1. The summed E-state index contributed by atoms with van der Waals surface area (Å²) in [5.74, 6) is -0.826. The summed E-state index contributed by atoms with van der Waals surface area (Å²) in [5.41, 5.74) is -0.596. The van der Waals surface area contributed by atoms with Crippen molar-refractivity contribution in [3.63, 3.8) is 0 Å². The molecule has 0 fully saturated rings. The van der Waals surface area contributed by atoms with Crippen LogP contribution in [0.5, 0.6) is 0 Å². The molecule has 1 aromatic heterocycles. The number of ether oxygens (including phenoxy) is 1. The number of methoxy groups -OCH3 is 1. The molecule has 1 N–H and O–H groups in total. The van der Waals surface area contributed by atoms with Crippen LogP contribution in [0.15, 0.2) is 24.5 Å². The van der Waals surface area contributed by atoms with E-state index < -0.39 is 11.5 Å². The maximum absolute atomic E-state index is 11.7. The molecular weight excluding hydrogens is 208 g/mol. The normalized spacial score (nSPS) is 10.7. The van der Waals surface area contributed by atoms with Gasteiger partial charge in [0.2, 0.25) is 0 Å². The topological polar surface area (TPSA) is 68.3 Å². The molecule has 1 rings (SSSR count). The number of rotatable bonds is 3. The Morgan fingerprint density at radius 3 is 2.38 bits per heavy atom. The number of carbonyl (C=O) groups is 2. The zero-order chi connectivity index (χ0) is 12.2. The monoisotopic (exact) mass is 222 g/mol. The summed E-state index contributed by atoms with van der Waals surface area (Å²) in [4.78, 5) is 26.9. The first-order valence-electron chi connectivity index (χ1n) is 4.78. The van der Waals surface area contributed by atoms with Crippen molar-refractivity contribution in [3.05, 3.63) is 30.1 Å². The number of carbonyl (C=O) groups excluding carboxylic acids is 2. The molecule has 0 aromatic carbocycles. The second-order valence-electron chi connectivity index (χ2n) is 3.81. The van der Waals surface area contributed by atoms with Gasteiger partial charge in [-0.2, -0.15) is 0 Å². The molecule has 0 aliphatic rings. The molecule has 1 aromatic rings. The smallest absolute Gasteiger partial charge is 0.330 e. The van der Waals surface area contributed by atoms with Crippen molar-refractivity contribution in [2.75, 3.05) is 7.11 Å². The van der Waals surface area contributed by atoms with Gasteiger partial charge < -0.3 is 10.1 Å². The molecule has 0 aliphatic carbocycles. The molecule has 0 aliphatic heterocycles. The molecule has 0 spiro atoms. The zero-order valence-electron chi connectivity index (χ0n) is 9.48. The first-order chi connectivity index (χ1) is 7.47. The van der Waals surface area contributed by atoms with E-state index >= 15 is 0 Å². The number of nitrogens with one attached hydrogen (secondary N) is 1. The van der Waals surface area contributed by atoms with E-state index in [1.54, 1.807) is 26.0 Å². The van der Waals surface area contributed by atoms with Crippen molar-refractivity contribution in [1.82, 2.24) is 10.3 Å². The minimum Gasteiger partial charge on any atom is -0.467 e. The molecule has 1 amide bonds. The van der Waals surface area contributed by atoms with Crippen LogP contribution in [0, 0.1) is 0 Å². The first-order valence-corrected chi connectivity index (χ1v) is 4.78. The highest BCUT2D eigenvalue weighted by molar-refractivity contribution is 5.97. The summed E-state index contributed by atoms with van der Waals surface area (Å²) in [6.07, 6.45) is 3.03. The molecular formula is C11H14N2O3. The summed E-state index contributed by atoms with van der Waals surface area (Å²) < 4.78 is 4.59. The van der Waals surface area contributed by atoms with Crippen molar-refractivity contribution in [2.24, 2.45) is 0 Å². The lowest BCUT2D eigenvalue weighted by Gasteiger charge is -2.22. The first kappa shape index (κ1) is 12.2. The maximum Gasteiger partial charge on any atom is 0.330 e. The zero-order valence-corrected chi connectivity index (χ0v) is 9.48. The van der Waals surface area contributed by atoms with Crippen molar-refractivity contribution >= 4 is 11.9 Å². The van der Waals surface area contributed by atoms with E-state index in [4.69, 9.17) is 0 Å². The van der Waals surface area contributed by atoms with E-state index in [1.165, 1.54) is 19.5 Å². The van der Waals surface area contributed by atoms with E-state index in [0.29, 0.717) is 5.56 Å². The minimum atomic E-state index is -1.05. The van der Waals surface area contributed by atoms with Crippen LogP contribution in [0.4, 0.5) is 0 Å². The molecule has 5 heteroatoms. The number of hydrogen-bond acceptors (Lipinski definition) is 4. The van der Waals surface area contributed by atoms with Crippen LogP contribution in [0.25, 0.3) is 0 Å². The number of hydrogen-bond donors (Lipinski definition) is 1. The van der Waals surface area contributed by atoms with Gasteiger partial charge in [0.15, 0.2) is 0 Å². The Labute approximate surface area is 93.8 Å². The maximum atomic E-state index is 11.7. The van der Waals surface area contributed by atoms with Gasteiger partial charge >= 0.3 is 5.97 Å². The summed E-state index contributed by atoms with van der Waals surface area (Å²) in [5, 5.41) is 2.58. The van der Waals surface area contributed by atoms with Gasteiger partial charge in [-0.25, -0.2) is 4.79 Å². The predicted molar refractivity (Wildman–Crippen MR) is 57.8 cm³/mol. The van der Waals surface area contributed by atoms with E-state index in [-0.39, 0.29) is 5.91 Å². The summed E-state index contributed by atoms with van der Waals surface area (Å²) in [6, 6.07) is 3.14. The Balaban J connectivity index is 2.76. The molecule has 5 nitrogen and oxygen atoms in total. The van der Waals surface area contributed by atoms with Gasteiger partial charge in [-0.05, 0) is 26.0 Å². The Bertz CT molecular complexity index is 387. The standard InChI is InChI=1S/C11H14N2O3/c1-11(2,10(15)16-3)13-9(14)8-4-6-12-7-5-8/h4-7H,1-3H3,(H,13,14). The van der Waals surface area contributed by atoms with Gasteiger partial charge in [-0.1, -0.05) is 0 Å². The molecule has 1 heterocycles. The van der Waals surface area contributed by atoms with Gasteiger partial charge in [0.05, 0.1) is 7.11 Å². The van der Waals surface area contributed by atoms with Crippen LogP contribution in [0.2, 0.25) is 0 Å². The fraction of sp³-hybridized carbons (Fsp3) is 0.364. The van der Waals surface area contributed by atoms with Gasteiger partial charge in [-0.3, -0.25) is 9.78 Å². The van der Waals surface area contributed by atoms with Gasteiger partial charge in [0.25, 0.3) is 5.91 Å². The van der Waals surface area contributed by atoms with Crippen LogP contribution in [0.1, 0.15) is 24.2 Å². The van der Waals surface area contributed by atoms with E-state index in [1.807, 2.05) is 0 Å². The molecule has 16 heavy (non-hydrogen) atoms. The largest absolute Gasteiger partial charge is 0.467 e. The quantitative estimate of drug-likeness (QED) is 0.767. The third-order valence-electron chi connectivity index (χ3n) is 2.06. The molecule has 0 bridgehead atoms. The van der Waals surface area contributed by atoms with Crippen LogP contribution >= 0.6 is 0 Å². The molecule has 0 saturated carbocycles. The SMILES string of the molecule is COC(=O)C(C)(C)NC(=O)c1ccncc1. The van der Waals surface area contributed by atoms with Crippen LogP contribution in [-0.4, -0.2) is 29.5 Å². The fourth-order valence-corrected chi connectivity index (χ4v) is 1.17. The summed E-state index contributed by atoms with van der Waals surface area (Å²) in [6.45, 7) is 3.16. The Kier molecular flexibility index (Phi) is 3.60. The van der Waals surface area contributed by atoms with Gasteiger partial charge in [-0.15, -0.1) is 0 Å². The molecule has 86 valence electrons. The average Bonchev–Trinajstić information content (AvgIpc) is 2.28. The van der Waals surface area contributed by atoms with Gasteiger partial charge in [0, 0.05) is 18.0 Å². The number of pyridine rings is 1. The highest BCUT2D eigenvalue weighted by Crippen LogP contribution is 2.06. The third-order valence-corrected chi connectivity index (χ3v) is 2.06. The van der Waals surface area contributed by atoms with E-state index in [2.05, 4.69) is 15.0 Å². The third kappa shape index (κ3) is 2.79. The van der Waals surface area contributed by atoms with E-state index in [9.17, 15) is 9.59 Å². The highest BCUT2D eigenvalue weighted by atomic mass is 16.5. The predicted octanol–water partition coefficient (Wildman–Crippen LogP) is 0.763. The van der Waals surface area contributed by atoms with Crippen molar-refractivity contribution in [1.29, 1.82) is 0 Å². The van der Waals surface area contributed by atoms with Crippen LogP contribution in [-0.2, 0) is 9.53 Å². The number of nitrogens with zero attached hydrogens (tertiary/aromatic N) is 1. The lowest BCUT2D eigenvalue weighted by atomic mass is 10.1. The molecule has 0 atom stereocenters. The minimum absolute atomic E-state index is 0.335. The summed E-state index contributed by atoms with van der Waals surface area (Å²) >= 11 is 0. The second-order valence-corrected chi connectivity index (χ2v) is 3.81. The molecule has 0 saturated heterocycles. The molecule has 0 radical (unpaired) electrons. The van der Waals surface area contributed by atoms with Crippen molar-refractivity contribution < 1.29 is 14.3 Å².